The summed E-state index contributed by atoms with van der Waals surface area (Å²) in [5.74, 6) is 2.98. The molecule has 5 saturated carbocycles. The van der Waals surface area contributed by atoms with Gasteiger partial charge in [-0.05, 0) is 68.6 Å². The summed E-state index contributed by atoms with van der Waals surface area (Å²) >= 11 is 6.74. The van der Waals surface area contributed by atoms with Crippen molar-refractivity contribution in [1.82, 2.24) is 9.78 Å². The van der Waals surface area contributed by atoms with E-state index in [1.54, 1.807) is 4.68 Å². The van der Waals surface area contributed by atoms with Crippen LogP contribution in [0, 0.1) is 23.7 Å². The maximum Gasteiger partial charge on any atom is 0.184 e. The molecule has 29 heavy (non-hydrogen) atoms. The maximum atomic E-state index is 13.3. The van der Waals surface area contributed by atoms with Gasteiger partial charge >= 0.3 is 0 Å². The lowest BCUT2D eigenvalue weighted by molar-refractivity contribution is -0.151. The average Bonchev–Trinajstić information content (AvgIpc) is 2.97. The van der Waals surface area contributed by atoms with Gasteiger partial charge in [-0.1, -0.05) is 30.9 Å². The fraction of sp³-hybridized carbons (Fsp3) is 0.826. The average molecular weight is 420 g/mol. The number of aliphatic hydroxyl groups is 1. The Morgan fingerprint density at radius 1 is 1.21 bits per heavy atom. The fourth-order valence-electron chi connectivity index (χ4n) is 7.42. The topological polar surface area (TPSA) is 58.4 Å². The number of nitrogens with zero attached hydrogens (tertiary/aromatic N) is 3. The molecule has 1 heterocycles. The monoisotopic (exact) mass is 419 g/mol. The van der Waals surface area contributed by atoms with Crippen LogP contribution in [-0.2, 0) is 7.05 Å². The first-order valence-corrected chi connectivity index (χ1v) is 11.9. The third-order valence-corrected chi connectivity index (χ3v) is 8.89. The van der Waals surface area contributed by atoms with Gasteiger partial charge in [0, 0.05) is 26.6 Å². The first-order valence-electron chi connectivity index (χ1n) is 11.6. The van der Waals surface area contributed by atoms with Gasteiger partial charge in [0.1, 0.15) is 16.5 Å². The van der Waals surface area contributed by atoms with Gasteiger partial charge in [-0.2, -0.15) is 5.10 Å². The van der Waals surface area contributed by atoms with E-state index in [0.29, 0.717) is 46.9 Å². The van der Waals surface area contributed by atoms with Gasteiger partial charge in [0.05, 0.1) is 5.60 Å². The van der Waals surface area contributed by atoms with Gasteiger partial charge in [0.2, 0.25) is 0 Å². The molecule has 0 aromatic carbocycles. The molecule has 5 aliphatic carbocycles. The Hall–Kier alpha value is -1.07. The van der Waals surface area contributed by atoms with Crippen LogP contribution >= 0.6 is 11.6 Å². The van der Waals surface area contributed by atoms with Gasteiger partial charge in [-0.15, -0.1) is 0 Å². The number of carbonyl (C=O) groups excluding carboxylic acids is 1. The lowest BCUT2D eigenvalue weighted by atomic mass is 9.49. The molecule has 1 aromatic rings. The Morgan fingerprint density at radius 3 is 2.48 bits per heavy atom. The number of hydrogen-bond donors (Lipinski definition) is 1. The van der Waals surface area contributed by atoms with E-state index >= 15 is 0 Å². The molecule has 4 bridgehead atoms. The molecule has 5 aliphatic rings. The minimum absolute atomic E-state index is 0.0818. The molecule has 2 unspecified atom stereocenters. The molecule has 6 heteroatoms. The summed E-state index contributed by atoms with van der Waals surface area (Å²) in [4.78, 5) is 15.5. The smallest absolute Gasteiger partial charge is 0.184 e. The van der Waals surface area contributed by atoms with Crippen molar-refractivity contribution in [3.8, 4) is 0 Å². The zero-order valence-electron chi connectivity index (χ0n) is 17.7. The Bertz CT molecular complexity index is 784. The number of rotatable bonds is 5. The normalized spacial score (nSPS) is 36.6. The summed E-state index contributed by atoms with van der Waals surface area (Å²) in [5, 5.41) is 15.9. The zero-order valence-corrected chi connectivity index (χ0v) is 18.5. The number of aryl methyl sites for hydroxylation is 1. The van der Waals surface area contributed by atoms with E-state index in [2.05, 4.69) is 17.0 Å². The highest BCUT2D eigenvalue weighted by Crippen LogP contribution is 2.59. The maximum absolute atomic E-state index is 13.3. The van der Waals surface area contributed by atoms with Crippen molar-refractivity contribution in [2.75, 3.05) is 11.9 Å². The first-order chi connectivity index (χ1) is 13.8. The van der Waals surface area contributed by atoms with Gasteiger partial charge in [0.15, 0.2) is 5.78 Å². The summed E-state index contributed by atoms with van der Waals surface area (Å²) in [6.07, 6.45) is 11.8. The highest BCUT2D eigenvalue weighted by molar-refractivity contribution is 6.36. The van der Waals surface area contributed by atoms with Crippen LogP contribution < -0.4 is 4.90 Å². The van der Waals surface area contributed by atoms with Crippen LogP contribution in [0.25, 0.3) is 0 Å². The molecule has 0 saturated heterocycles. The van der Waals surface area contributed by atoms with Gasteiger partial charge < -0.3 is 10.0 Å². The van der Waals surface area contributed by atoms with E-state index in [-0.39, 0.29) is 5.78 Å². The standard InChI is InChI=1S/C23H34ClN3O2/c1-26(17-6-4-3-5-7-17)22-20(24)21(25-27(22)2)19(28)10-18-15-8-14-9-16(18)13-23(29,11-14)12-15/h14-18,29H,3-13H2,1-2H3. The Morgan fingerprint density at radius 2 is 1.86 bits per heavy atom. The number of ketones is 1. The van der Waals surface area contributed by atoms with Gasteiger partial charge in [-0.25, -0.2) is 0 Å². The lowest BCUT2D eigenvalue weighted by Crippen LogP contribution is -2.54. The Labute approximate surface area is 178 Å². The van der Waals surface area contributed by atoms with Crippen LogP contribution in [0.3, 0.4) is 0 Å². The van der Waals surface area contributed by atoms with E-state index in [0.717, 1.165) is 25.1 Å². The second-order valence-corrected chi connectivity index (χ2v) is 10.9. The van der Waals surface area contributed by atoms with E-state index in [1.165, 1.54) is 44.9 Å². The quantitative estimate of drug-likeness (QED) is 0.708. The predicted octanol–water partition coefficient (Wildman–Crippen LogP) is 4.60. The van der Waals surface area contributed by atoms with Crippen molar-refractivity contribution < 1.29 is 9.90 Å². The summed E-state index contributed by atoms with van der Waals surface area (Å²) in [7, 11) is 3.99. The fourth-order valence-corrected chi connectivity index (χ4v) is 7.82. The van der Waals surface area contributed by atoms with Gasteiger partial charge in [0.25, 0.3) is 0 Å². The molecule has 0 radical (unpaired) electrons. The van der Waals surface area contributed by atoms with Crippen LogP contribution in [0.4, 0.5) is 5.82 Å². The Balaban J connectivity index is 1.33. The second-order valence-electron chi connectivity index (χ2n) is 10.5. The minimum Gasteiger partial charge on any atom is -0.390 e. The molecule has 1 N–H and O–H groups in total. The molecule has 0 aliphatic heterocycles. The number of Topliss-reactive ketones (excluding diaryl/α,β-unsaturated/α-hetero) is 1. The van der Waals surface area contributed by atoms with Crippen molar-refractivity contribution in [1.29, 1.82) is 0 Å². The van der Waals surface area contributed by atoms with E-state index in [9.17, 15) is 9.90 Å². The van der Waals surface area contributed by atoms with Crippen molar-refractivity contribution >= 4 is 23.2 Å². The minimum atomic E-state index is -0.450. The number of aromatic nitrogens is 2. The van der Waals surface area contributed by atoms with Crippen LogP contribution in [0.1, 0.15) is 81.1 Å². The molecule has 0 spiro atoms. The molecular formula is C23H34ClN3O2. The predicted molar refractivity (Wildman–Crippen MR) is 114 cm³/mol. The van der Waals surface area contributed by atoms with Crippen LogP contribution in [0.5, 0.6) is 0 Å². The van der Waals surface area contributed by atoms with Crippen molar-refractivity contribution in [3.63, 3.8) is 0 Å². The number of halogens is 1. The van der Waals surface area contributed by atoms with E-state index in [1.807, 2.05) is 7.05 Å². The highest BCUT2D eigenvalue weighted by atomic mass is 35.5. The van der Waals surface area contributed by atoms with Crippen LogP contribution in [0.2, 0.25) is 5.02 Å². The van der Waals surface area contributed by atoms with Crippen LogP contribution in [-0.4, -0.2) is 39.4 Å². The van der Waals surface area contributed by atoms with Crippen molar-refractivity contribution in [2.45, 2.75) is 82.3 Å². The lowest BCUT2D eigenvalue weighted by Gasteiger charge is -2.58. The molecule has 6 rings (SSSR count). The third kappa shape index (κ3) is 3.42. The second kappa shape index (κ2) is 7.26. The summed E-state index contributed by atoms with van der Waals surface area (Å²) in [5.41, 5.74) is -0.00600. The largest absolute Gasteiger partial charge is 0.390 e. The van der Waals surface area contributed by atoms with Crippen molar-refractivity contribution in [2.24, 2.45) is 30.7 Å². The molecule has 0 amide bonds. The highest BCUT2D eigenvalue weighted by Gasteiger charge is 2.54. The summed E-state index contributed by atoms with van der Waals surface area (Å²) in [6, 6.07) is 0.477. The Kier molecular flexibility index (Phi) is 4.98. The number of hydrogen-bond acceptors (Lipinski definition) is 4. The molecule has 5 fully saturated rings. The number of anilines is 1. The SMILES string of the molecule is CN(c1c(Cl)c(C(=O)CC2C3CC4CC2CC(O)(C4)C3)nn1C)C1CCCCC1. The molecular weight excluding hydrogens is 386 g/mol. The first kappa shape index (κ1) is 19.9. The van der Waals surface area contributed by atoms with Crippen LogP contribution in [0.15, 0.2) is 0 Å². The third-order valence-electron chi connectivity index (χ3n) is 8.54. The van der Waals surface area contributed by atoms with Gasteiger partial charge in [-0.3, -0.25) is 9.48 Å². The number of carbonyl (C=O) groups is 1. The molecule has 160 valence electrons. The van der Waals surface area contributed by atoms with E-state index < -0.39 is 5.60 Å². The summed E-state index contributed by atoms with van der Waals surface area (Å²) in [6.45, 7) is 0. The van der Waals surface area contributed by atoms with E-state index in [4.69, 9.17) is 11.6 Å². The molecule has 1 aromatic heterocycles. The molecule has 5 nitrogen and oxygen atoms in total. The van der Waals surface area contributed by atoms with Crippen molar-refractivity contribution in [3.05, 3.63) is 10.7 Å². The molecule has 2 atom stereocenters. The zero-order chi connectivity index (χ0) is 20.3. The summed E-state index contributed by atoms with van der Waals surface area (Å²) < 4.78 is 1.80.